The van der Waals surface area contributed by atoms with E-state index in [1.54, 1.807) is 0 Å². The largest absolute Gasteiger partial charge is 0.456 e. The van der Waals surface area contributed by atoms with Crippen molar-refractivity contribution in [2.45, 2.75) is 7.43 Å². The molecule has 0 aliphatic carbocycles. The Balaban J connectivity index is 0.000000179. The van der Waals surface area contributed by atoms with Crippen LogP contribution in [-0.4, -0.2) is 13.7 Å². The molecule has 103 heavy (non-hydrogen) atoms. The summed E-state index contributed by atoms with van der Waals surface area (Å²) in [5, 5.41) is 15.1. The minimum Gasteiger partial charge on any atom is -0.456 e. The first-order chi connectivity index (χ1) is 50.5. The number of furan rings is 1. The topological polar surface area (TPSA) is 27.9 Å². The average molecular weight is 1350 g/mol. The van der Waals surface area contributed by atoms with Crippen LogP contribution in [0, 0.1) is 0 Å². The molecule has 0 aliphatic heterocycles. The van der Waals surface area contributed by atoms with E-state index in [1.165, 1.54) is 167 Å². The van der Waals surface area contributed by atoms with E-state index in [-0.39, 0.29) is 7.43 Å². The van der Waals surface area contributed by atoms with Gasteiger partial charge in [0.1, 0.15) is 11.2 Å². The summed E-state index contributed by atoms with van der Waals surface area (Å²) < 4.78 is 18.5. The summed E-state index contributed by atoms with van der Waals surface area (Å²) in [5.74, 6) is 0. The van der Waals surface area contributed by atoms with Crippen LogP contribution in [0.2, 0.25) is 0 Å². The molecule has 0 radical (unpaired) electrons. The predicted octanol–water partition coefficient (Wildman–Crippen LogP) is 28.3. The van der Waals surface area contributed by atoms with Crippen molar-refractivity contribution in [3.05, 3.63) is 358 Å². The third kappa shape index (κ3) is 9.93. The van der Waals surface area contributed by atoms with Crippen molar-refractivity contribution < 1.29 is 4.42 Å². The second-order valence-corrected chi connectivity index (χ2v) is 28.9. The second kappa shape index (κ2) is 24.2. The molecule has 22 rings (SSSR count). The van der Waals surface area contributed by atoms with Crippen LogP contribution < -0.4 is 0 Å². The van der Waals surface area contributed by atoms with Crippen LogP contribution in [-0.2, 0) is 0 Å². The fourth-order valence-corrected chi connectivity index (χ4v) is 18.3. The zero-order valence-corrected chi connectivity index (χ0v) is 56.8. The molecule has 6 aromatic heterocycles. The Kier molecular flexibility index (Phi) is 14.1. The number of hydrogen-bond donors (Lipinski definition) is 0. The maximum absolute atomic E-state index is 6.02. The highest BCUT2D eigenvalue weighted by atomic mass is 32.1. The van der Waals surface area contributed by atoms with Crippen LogP contribution >= 0.6 is 22.7 Å². The van der Waals surface area contributed by atoms with Crippen LogP contribution in [0.15, 0.2) is 362 Å². The first-order valence-corrected chi connectivity index (χ1v) is 36.4. The Hall–Kier alpha value is -12.8. The number of thiophene rings is 2. The van der Waals surface area contributed by atoms with Crippen LogP contribution in [0.1, 0.15) is 7.43 Å². The lowest BCUT2D eigenvalue weighted by Crippen LogP contribution is -1.94. The number of hydrogen-bond acceptors (Lipinski definition) is 3. The Morgan fingerprint density at radius 3 is 0.951 bits per heavy atom. The molecular weight excluding hydrogens is 1290 g/mol. The van der Waals surface area contributed by atoms with Crippen molar-refractivity contribution in [2.75, 3.05) is 0 Å². The van der Waals surface area contributed by atoms with Crippen molar-refractivity contribution >= 4 is 150 Å². The lowest BCUT2D eigenvalue weighted by atomic mass is 9.97. The van der Waals surface area contributed by atoms with E-state index >= 15 is 0 Å². The summed E-state index contributed by atoms with van der Waals surface area (Å²) in [6, 6.07) is 131. The standard InChI is InChI=1S/C66H40N2S2.C30H19NO.CH4/c1-5-22-59-51(18-1)55-37-45(26-30-61(55)67(59)49-16-10-14-43(35-49)47-28-32-65-57(39-47)53-20-3-7-24-63(53)69-65)41-12-9-13-42(34-41)46-27-31-62-56(38-46)52-19-2-6-23-60(52)68(62)50-17-11-15-44(36-50)48-29-33-66-58(40-48)54-21-4-8-25-64(54)70-66;1-2-8-22(9-3-1)31-27-12-6-4-10-23(27)25-18-20(14-16-28(25)31)21-15-17-30-26(19-21)24-11-5-7-13-29(24)32-30;/h1-40H;1-19H;1H4. The van der Waals surface area contributed by atoms with Gasteiger partial charge < -0.3 is 18.1 Å². The monoisotopic (exact) mass is 1350 g/mol. The Bertz CT molecular complexity index is 6860. The van der Waals surface area contributed by atoms with Gasteiger partial charge >= 0.3 is 0 Å². The van der Waals surface area contributed by atoms with E-state index in [2.05, 4.69) is 359 Å². The highest BCUT2D eigenvalue weighted by Crippen LogP contribution is 2.44. The molecule has 6 heterocycles. The molecule has 16 aromatic carbocycles. The molecule has 6 heteroatoms. The quantitative estimate of drug-likeness (QED) is 0.149. The zero-order chi connectivity index (χ0) is 66.9. The summed E-state index contributed by atoms with van der Waals surface area (Å²) >= 11 is 3.73. The van der Waals surface area contributed by atoms with Gasteiger partial charge in [0.2, 0.25) is 0 Å². The zero-order valence-electron chi connectivity index (χ0n) is 55.1. The third-order valence-corrected chi connectivity index (χ3v) is 23.2. The molecule has 4 nitrogen and oxygen atoms in total. The van der Waals surface area contributed by atoms with Crippen LogP contribution in [0.5, 0.6) is 0 Å². The summed E-state index contributed by atoms with van der Waals surface area (Å²) in [6.07, 6.45) is 0. The summed E-state index contributed by atoms with van der Waals surface area (Å²) in [4.78, 5) is 0. The molecule has 0 saturated heterocycles. The highest BCUT2D eigenvalue weighted by molar-refractivity contribution is 7.26. The first kappa shape index (κ1) is 60.1. The number of rotatable bonds is 8. The van der Waals surface area contributed by atoms with Gasteiger partial charge in [0, 0.05) is 100 Å². The first-order valence-electron chi connectivity index (χ1n) is 34.8. The molecule has 0 bridgehead atoms. The van der Waals surface area contributed by atoms with Crippen molar-refractivity contribution in [3.63, 3.8) is 0 Å². The van der Waals surface area contributed by atoms with Gasteiger partial charge in [-0.05, 0) is 207 Å². The minimum absolute atomic E-state index is 0. The molecule has 0 spiro atoms. The number of para-hydroxylation sites is 5. The normalized spacial score (nSPS) is 11.8. The van der Waals surface area contributed by atoms with Crippen molar-refractivity contribution in [3.8, 4) is 72.7 Å². The fraction of sp³-hybridized carbons (Fsp3) is 0.0103. The Labute approximate surface area is 602 Å². The maximum Gasteiger partial charge on any atom is 0.135 e. The van der Waals surface area contributed by atoms with Crippen LogP contribution in [0.25, 0.3) is 200 Å². The second-order valence-electron chi connectivity index (χ2n) is 26.7. The molecule has 0 amide bonds. The van der Waals surface area contributed by atoms with E-state index in [1.807, 2.05) is 34.8 Å². The Morgan fingerprint density at radius 2 is 0.476 bits per heavy atom. The smallest absolute Gasteiger partial charge is 0.135 e. The lowest BCUT2D eigenvalue weighted by molar-refractivity contribution is 0.669. The van der Waals surface area contributed by atoms with E-state index in [0.29, 0.717) is 0 Å². The van der Waals surface area contributed by atoms with E-state index in [9.17, 15) is 0 Å². The molecule has 0 unspecified atom stereocenters. The fourth-order valence-electron chi connectivity index (χ4n) is 16.1. The molecule has 484 valence electrons. The molecular formula is C97H63N3OS2. The average Bonchev–Trinajstić information content (AvgIpc) is 1.61. The van der Waals surface area contributed by atoms with Gasteiger partial charge in [-0.25, -0.2) is 0 Å². The van der Waals surface area contributed by atoms with Crippen LogP contribution in [0.3, 0.4) is 0 Å². The van der Waals surface area contributed by atoms with Gasteiger partial charge in [-0.3, -0.25) is 0 Å². The highest BCUT2D eigenvalue weighted by Gasteiger charge is 2.20. The molecule has 0 aliphatic rings. The lowest BCUT2D eigenvalue weighted by Gasteiger charge is -2.12. The molecule has 0 N–H and O–H groups in total. The van der Waals surface area contributed by atoms with Gasteiger partial charge in [-0.15, -0.1) is 22.7 Å². The number of nitrogens with zero attached hydrogens (tertiary/aromatic N) is 3. The number of aromatic nitrogens is 3. The molecule has 0 atom stereocenters. The summed E-state index contributed by atoms with van der Waals surface area (Å²) in [6.45, 7) is 0. The van der Waals surface area contributed by atoms with E-state index < -0.39 is 0 Å². The van der Waals surface area contributed by atoms with Gasteiger partial charge in [0.05, 0.1) is 33.1 Å². The summed E-state index contributed by atoms with van der Waals surface area (Å²) in [5.41, 5.74) is 24.7. The predicted molar refractivity (Wildman–Crippen MR) is 443 cm³/mol. The van der Waals surface area contributed by atoms with Gasteiger partial charge in [0.15, 0.2) is 0 Å². The summed E-state index contributed by atoms with van der Waals surface area (Å²) in [7, 11) is 0. The SMILES string of the molecule is C.c1cc(-c2ccc3c(c2)c2ccccc2n3-c2cccc(-c3ccc4sc5ccccc5c4c3)c2)cc(-c2ccc3c(c2)c2ccccc2n3-c2cccc(-c3ccc4sc5ccccc5c4c3)c2)c1.c1ccc(-n2c3ccccc3c3cc(-c4ccc5oc6ccccc6c5c4)ccc32)cc1. The van der Waals surface area contributed by atoms with Gasteiger partial charge in [-0.2, -0.15) is 0 Å². The number of fused-ring (bicyclic) bond motifs is 18. The molecule has 0 fully saturated rings. The van der Waals surface area contributed by atoms with Crippen molar-refractivity contribution in [2.24, 2.45) is 0 Å². The minimum atomic E-state index is 0. The molecule has 22 aromatic rings. The maximum atomic E-state index is 6.02. The van der Waals surface area contributed by atoms with Crippen molar-refractivity contribution in [1.82, 2.24) is 13.7 Å². The molecule has 0 saturated carbocycles. The van der Waals surface area contributed by atoms with E-state index in [4.69, 9.17) is 4.42 Å². The number of benzene rings is 16. The third-order valence-electron chi connectivity index (χ3n) is 20.9. The Morgan fingerprint density at radius 1 is 0.175 bits per heavy atom. The van der Waals surface area contributed by atoms with Crippen LogP contribution in [0.4, 0.5) is 0 Å². The van der Waals surface area contributed by atoms with Gasteiger partial charge in [-0.1, -0.05) is 214 Å². The van der Waals surface area contributed by atoms with E-state index in [0.717, 1.165) is 33.3 Å². The van der Waals surface area contributed by atoms with Crippen molar-refractivity contribution in [1.29, 1.82) is 0 Å². The van der Waals surface area contributed by atoms with Gasteiger partial charge in [0.25, 0.3) is 0 Å².